The quantitative estimate of drug-likeness (QED) is 0.0329. The molecule has 8 aromatic rings. The zero-order chi connectivity index (χ0) is 58.2. The Kier molecular flexibility index (Phi) is 15.8. The summed E-state index contributed by atoms with van der Waals surface area (Å²) in [6.45, 7) is 0. The molecule has 2 amide bonds. The molecule has 0 bridgehead atoms. The summed E-state index contributed by atoms with van der Waals surface area (Å²) in [5.41, 5.74) is -1.98. The van der Waals surface area contributed by atoms with E-state index in [1.54, 1.807) is 0 Å². The number of rotatable bonds is 16. The van der Waals surface area contributed by atoms with Gasteiger partial charge in [0.15, 0.2) is 0 Å². The first kappa shape index (κ1) is 57.6. The summed E-state index contributed by atoms with van der Waals surface area (Å²) in [7, 11) is -29.2. The highest BCUT2D eigenvalue weighted by atomic mass is 32.2. The molecule has 0 aliphatic rings. The van der Waals surface area contributed by atoms with Crippen LogP contribution in [0.1, 0.15) is 0 Å². The summed E-state index contributed by atoms with van der Waals surface area (Å²) in [5, 5.41) is 36.5. The van der Waals surface area contributed by atoms with Gasteiger partial charge in [-0.25, -0.2) is 4.79 Å². The molecule has 0 saturated carbocycles. The molecule has 8 aromatic carbocycles. The topological polar surface area (TPSA) is 466 Å². The van der Waals surface area contributed by atoms with Crippen LogP contribution in [0.25, 0.3) is 21.5 Å². The Morgan fingerprint density at radius 1 is 0.287 bits per heavy atom. The molecule has 0 saturated heterocycles. The number of hydrogen-bond acceptors (Lipinski definition) is 21. The molecule has 80 heavy (non-hydrogen) atoms. The minimum Gasteiger partial charge on any atom is -0.308 e. The van der Waals surface area contributed by atoms with Crippen molar-refractivity contribution in [2.45, 2.75) is 29.4 Å². The number of nitrogens with zero attached hydrogens (tertiary/aromatic N) is 8. The second kappa shape index (κ2) is 21.9. The maximum absolute atomic E-state index is 13.2. The molecule has 0 heterocycles. The van der Waals surface area contributed by atoms with Gasteiger partial charge in [-0.3, -0.25) is 27.3 Å². The van der Waals surface area contributed by atoms with Crippen LogP contribution < -0.4 is 10.6 Å². The smallest absolute Gasteiger partial charge is 0.308 e. The fourth-order valence-electron chi connectivity index (χ4n) is 7.07. The summed E-state index contributed by atoms with van der Waals surface area (Å²) < 4.78 is 204. The van der Waals surface area contributed by atoms with E-state index in [4.69, 9.17) is 9.11 Å². The summed E-state index contributed by atoms with van der Waals surface area (Å²) >= 11 is 0. The summed E-state index contributed by atoms with van der Waals surface area (Å²) in [4.78, 5) is 9.07. The van der Waals surface area contributed by atoms with Gasteiger partial charge in [0.1, 0.15) is 42.3 Å². The van der Waals surface area contributed by atoms with Crippen molar-refractivity contribution in [3.63, 3.8) is 0 Å². The van der Waals surface area contributed by atoms with Gasteiger partial charge < -0.3 is 10.6 Å². The van der Waals surface area contributed by atoms with Crippen LogP contribution in [0.2, 0.25) is 0 Å². The molecule has 0 radical (unpaired) electrons. The lowest BCUT2D eigenvalue weighted by atomic mass is 10.1. The van der Waals surface area contributed by atoms with Crippen LogP contribution in [-0.2, 0) is 60.7 Å². The Labute approximate surface area is 451 Å². The van der Waals surface area contributed by atoms with Crippen LogP contribution in [0.4, 0.5) is 61.7 Å². The van der Waals surface area contributed by atoms with Gasteiger partial charge in [0, 0.05) is 11.4 Å². The lowest BCUT2D eigenvalue weighted by Gasteiger charge is -2.11. The molecular weight excluding hydrogens is 1180 g/mol. The highest BCUT2D eigenvalue weighted by molar-refractivity contribution is 7.87. The maximum atomic E-state index is 13.2. The fourth-order valence-corrected chi connectivity index (χ4v) is 10.6. The van der Waals surface area contributed by atoms with E-state index >= 15 is 0 Å². The Morgan fingerprint density at radius 3 is 0.912 bits per heavy atom. The monoisotopic (exact) mass is 1210 g/mol. The predicted octanol–water partition coefficient (Wildman–Crippen LogP) is 10.8. The molecule has 29 nitrogen and oxygen atoms in total. The fraction of sp³-hybridized carbons (Fsp3) is 0. The Balaban J connectivity index is 0.993. The van der Waals surface area contributed by atoms with Gasteiger partial charge in [-0.05, 0) is 155 Å². The number of hydrogen-bond donors (Lipinski definition) is 8. The number of fused-ring (bicyclic) bond motifs is 2. The largest absolute Gasteiger partial charge is 0.323 e. The van der Waals surface area contributed by atoms with Crippen molar-refractivity contribution in [2.75, 3.05) is 10.6 Å². The van der Waals surface area contributed by atoms with E-state index < -0.39 is 119 Å². The normalized spacial score (nSPS) is 13.1. The number of carbonyl (C=O) groups excluding carboxylic acids is 1. The van der Waals surface area contributed by atoms with Gasteiger partial charge in [0.2, 0.25) is 0 Å². The van der Waals surface area contributed by atoms with Crippen molar-refractivity contribution in [3.05, 3.63) is 146 Å². The molecule has 0 aromatic heterocycles. The lowest BCUT2D eigenvalue weighted by molar-refractivity contribution is 0.262. The minimum atomic E-state index is -5.08. The van der Waals surface area contributed by atoms with Gasteiger partial charge >= 0.3 is 6.03 Å². The van der Waals surface area contributed by atoms with E-state index in [-0.39, 0.29) is 55.7 Å². The second-order valence-electron chi connectivity index (χ2n) is 16.3. The molecule has 0 fully saturated rings. The van der Waals surface area contributed by atoms with Gasteiger partial charge in [-0.1, -0.05) is 12.1 Å². The zero-order valence-electron chi connectivity index (χ0n) is 39.4. The van der Waals surface area contributed by atoms with E-state index in [2.05, 4.69) is 51.5 Å². The third-order valence-corrected chi connectivity index (χ3v) is 16.0. The highest BCUT2D eigenvalue weighted by Gasteiger charge is 2.23. The van der Waals surface area contributed by atoms with E-state index in [1.165, 1.54) is 72.8 Å². The van der Waals surface area contributed by atoms with Crippen LogP contribution in [0.3, 0.4) is 0 Å². The van der Waals surface area contributed by atoms with Crippen LogP contribution in [0.5, 0.6) is 0 Å². The molecular formula is C45H32N10O19S6. The van der Waals surface area contributed by atoms with Crippen LogP contribution in [0, 0.1) is 0 Å². The molecule has 0 aliphatic carbocycles. The second-order valence-corrected chi connectivity index (χ2v) is 24.7. The standard InChI is InChI=1S/C45H32N10O19S6/c56-45(46-31-3-1-25-19-39(41(77(63,64)65)21-27(25)17-31)54-52-37-15-9-33(23-43(37)79(69,70)71)50-48-29-5-11-35(12-6-29)75(57,58)59)47-32-4-2-26-20-40(42(78(66,67)68)22-28(26)18-32)55-53-38-16-10-34(24-44(38)80(72,73)74)51-49-30-7-13-36(14-8-30)76(60,61)62/h1-24H,(H2,46,47,56)(H,57,58,59)(H,60,61,62)(H,63,64,65)(H,66,67,68)(H,69,70,71)(H,72,73,74). The SMILES string of the molecule is O=C(Nc1ccc2cc(N=Nc3ccc(N=Nc4ccc(S(=O)(=O)O)cc4)cc3S(=O)(=O)O)c(S(=O)(=O)O)cc2c1)Nc1ccc2cc(N=Nc3ccc(N=Nc4ccc(S(=O)(=O)O)cc4)cc3S(=O)(=O)O)c(S(=O)(=O)O)cc2c1. The highest BCUT2D eigenvalue weighted by Crippen LogP contribution is 2.38. The third-order valence-electron chi connectivity index (χ3n) is 10.7. The summed E-state index contributed by atoms with van der Waals surface area (Å²) in [6, 6.07) is 26.7. The first-order valence-corrected chi connectivity index (χ1v) is 30.2. The van der Waals surface area contributed by atoms with E-state index in [0.717, 1.165) is 72.8 Å². The van der Waals surface area contributed by atoms with Crippen molar-refractivity contribution >= 4 is 145 Å². The Morgan fingerprint density at radius 2 is 0.588 bits per heavy atom. The zero-order valence-corrected chi connectivity index (χ0v) is 44.3. The van der Waals surface area contributed by atoms with E-state index in [9.17, 15) is 73.5 Å². The van der Waals surface area contributed by atoms with Crippen molar-refractivity contribution in [3.8, 4) is 0 Å². The van der Waals surface area contributed by atoms with E-state index in [0.29, 0.717) is 0 Å². The van der Waals surface area contributed by atoms with Crippen molar-refractivity contribution < 1.29 is 82.6 Å². The summed E-state index contributed by atoms with van der Waals surface area (Å²) in [6.07, 6.45) is 0. The van der Waals surface area contributed by atoms with Crippen molar-refractivity contribution in [1.29, 1.82) is 0 Å². The third kappa shape index (κ3) is 14.2. The molecule has 0 aliphatic heterocycles. The lowest BCUT2D eigenvalue weighted by Crippen LogP contribution is -2.19. The van der Waals surface area contributed by atoms with Crippen molar-refractivity contribution in [1.82, 2.24) is 0 Å². The average Bonchev–Trinajstić information content (AvgIpc) is 3.46. The Bertz CT molecular complexity index is 4420. The molecule has 8 N–H and O–H groups in total. The Hall–Kier alpha value is -8.59. The maximum Gasteiger partial charge on any atom is 0.323 e. The van der Waals surface area contributed by atoms with E-state index in [1.807, 2.05) is 0 Å². The predicted molar refractivity (Wildman–Crippen MR) is 282 cm³/mol. The number of urea groups is 1. The van der Waals surface area contributed by atoms with Crippen molar-refractivity contribution in [2.24, 2.45) is 40.9 Å². The minimum absolute atomic E-state index is 0.0720. The molecule has 412 valence electrons. The number of benzene rings is 8. The number of azo groups is 4. The molecule has 0 atom stereocenters. The molecule has 8 rings (SSSR count). The molecule has 0 unspecified atom stereocenters. The first-order valence-electron chi connectivity index (χ1n) is 21.5. The first-order chi connectivity index (χ1) is 37.3. The number of amides is 2. The number of carbonyl (C=O) groups is 1. The van der Waals surface area contributed by atoms with Gasteiger partial charge in [0.25, 0.3) is 60.7 Å². The van der Waals surface area contributed by atoms with Crippen LogP contribution >= 0.6 is 0 Å². The summed E-state index contributed by atoms with van der Waals surface area (Å²) in [5.74, 6) is 0. The number of nitrogens with one attached hydrogen (secondary N) is 2. The molecule has 35 heteroatoms. The van der Waals surface area contributed by atoms with Crippen LogP contribution in [0.15, 0.2) is 216 Å². The number of anilines is 2. The van der Waals surface area contributed by atoms with Gasteiger partial charge in [-0.2, -0.15) is 71.0 Å². The van der Waals surface area contributed by atoms with Gasteiger partial charge in [-0.15, -0.1) is 20.5 Å². The average molecular weight is 1210 g/mol. The van der Waals surface area contributed by atoms with Gasteiger partial charge in [0.05, 0.1) is 32.5 Å². The van der Waals surface area contributed by atoms with Crippen LogP contribution in [-0.4, -0.2) is 83.9 Å². The molecule has 0 spiro atoms.